The number of hydrogen-bond donors (Lipinski definition) is 1. The van der Waals surface area contributed by atoms with Gasteiger partial charge in [0.2, 0.25) is 0 Å². The van der Waals surface area contributed by atoms with Gasteiger partial charge in [-0.05, 0) is 37.1 Å². The van der Waals surface area contributed by atoms with Crippen molar-refractivity contribution in [2.45, 2.75) is 32.3 Å². The van der Waals surface area contributed by atoms with Crippen molar-refractivity contribution < 1.29 is 18.4 Å². The second-order valence-electron chi connectivity index (χ2n) is 5.95. The molecule has 0 radical (unpaired) electrons. The Hall–Kier alpha value is -2.64. The second-order valence-corrected chi connectivity index (χ2v) is 5.95. The Morgan fingerprint density at radius 1 is 1.44 bits per heavy atom. The van der Waals surface area contributed by atoms with E-state index in [0.29, 0.717) is 37.1 Å². The molecule has 134 valence electrons. The molecule has 1 aromatic carbocycles. The zero-order valence-corrected chi connectivity index (χ0v) is 14.1. The summed E-state index contributed by atoms with van der Waals surface area (Å²) in [5.74, 6) is 1.22. The monoisotopic (exact) mass is 348 g/mol. The van der Waals surface area contributed by atoms with E-state index in [1.54, 1.807) is 4.90 Å². The molecule has 0 bridgehead atoms. The number of ether oxygens (including phenoxy) is 1. The molecular weight excluding hydrogens is 327 g/mol. The summed E-state index contributed by atoms with van der Waals surface area (Å²) >= 11 is 0. The van der Waals surface area contributed by atoms with Crippen molar-refractivity contribution in [3.63, 3.8) is 0 Å². The molecule has 2 heterocycles. The number of likely N-dealkylation sites (tertiary alicyclic amines) is 1. The highest BCUT2D eigenvalue weighted by Crippen LogP contribution is 2.25. The summed E-state index contributed by atoms with van der Waals surface area (Å²) in [6.45, 7) is 4.06. The van der Waals surface area contributed by atoms with Crippen LogP contribution in [-0.4, -0.2) is 40.7 Å². The number of halogens is 1. The molecule has 0 saturated carbocycles. The number of rotatable bonds is 6. The molecule has 8 heteroatoms. The van der Waals surface area contributed by atoms with E-state index in [1.807, 2.05) is 6.92 Å². The van der Waals surface area contributed by atoms with Gasteiger partial charge in [-0.2, -0.15) is 4.98 Å². The molecule has 1 unspecified atom stereocenters. The number of carbonyl (C=O) groups is 1. The highest BCUT2D eigenvalue weighted by Gasteiger charge is 2.30. The molecule has 1 fully saturated rings. The number of nitrogens with zero attached hydrogens (tertiary/aromatic N) is 3. The normalized spacial score (nSPS) is 16.9. The van der Waals surface area contributed by atoms with Crippen molar-refractivity contribution in [1.29, 1.82) is 0 Å². The third-order valence-electron chi connectivity index (χ3n) is 4.03. The molecule has 3 rings (SSSR count). The van der Waals surface area contributed by atoms with Crippen LogP contribution in [0.2, 0.25) is 0 Å². The van der Waals surface area contributed by atoms with Gasteiger partial charge in [-0.3, -0.25) is 0 Å². The summed E-state index contributed by atoms with van der Waals surface area (Å²) in [6.07, 6.45) is 1.71. The first kappa shape index (κ1) is 17.2. The largest absolute Gasteiger partial charge is 0.484 e. The topological polar surface area (TPSA) is 80.5 Å². The van der Waals surface area contributed by atoms with Gasteiger partial charge < -0.3 is 19.5 Å². The Balaban J connectivity index is 1.51. The fraction of sp³-hybridized carbons (Fsp3) is 0.471. The number of hydrogen-bond acceptors (Lipinski definition) is 5. The first-order valence-electron chi connectivity index (χ1n) is 8.39. The van der Waals surface area contributed by atoms with Crippen LogP contribution in [0.25, 0.3) is 0 Å². The maximum Gasteiger partial charge on any atom is 0.317 e. The average molecular weight is 348 g/mol. The minimum atomic E-state index is -0.318. The van der Waals surface area contributed by atoms with E-state index >= 15 is 0 Å². The maximum atomic E-state index is 12.9. The van der Waals surface area contributed by atoms with E-state index in [9.17, 15) is 9.18 Å². The number of benzene rings is 1. The SMILES string of the molecule is CCCNC(=O)N1CCC(c2noc(COc3ccc(F)cc3)n2)C1. The lowest BCUT2D eigenvalue weighted by molar-refractivity contribution is 0.208. The van der Waals surface area contributed by atoms with E-state index in [0.717, 1.165) is 12.8 Å². The van der Waals surface area contributed by atoms with Crippen molar-refractivity contribution in [2.75, 3.05) is 19.6 Å². The Bertz CT molecular complexity index is 704. The average Bonchev–Trinajstić information content (AvgIpc) is 3.28. The van der Waals surface area contributed by atoms with Crippen molar-refractivity contribution >= 4 is 6.03 Å². The predicted octanol–water partition coefficient (Wildman–Crippen LogP) is 2.70. The quantitative estimate of drug-likeness (QED) is 0.868. The van der Waals surface area contributed by atoms with Crippen LogP contribution in [0.3, 0.4) is 0 Å². The maximum absolute atomic E-state index is 12.9. The number of amides is 2. The fourth-order valence-corrected chi connectivity index (χ4v) is 2.67. The highest BCUT2D eigenvalue weighted by atomic mass is 19.1. The summed E-state index contributed by atoms with van der Waals surface area (Å²) in [6, 6.07) is 5.68. The Morgan fingerprint density at radius 3 is 3.00 bits per heavy atom. The van der Waals surface area contributed by atoms with Crippen LogP contribution in [0.15, 0.2) is 28.8 Å². The molecule has 2 aromatic rings. The Kier molecular flexibility index (Phi) is 5.47. The molecule has 0 spiro atoms. The predicted molar refractivity (Wildman–Crippen MR) is 87.7 cm³/mol. The van der Waals surface area contributed by atoms with Crippen molar-refractivity contribution in [1.82, 2.24) is 20.4 Å². The lowest BCUT2D eigenvalue weighted by atomic mass is 10.1. The summed E-state index contributed by atoms with van der Waals surface area (Å²) in [5.41, 5.74) is 0. The van der Waals surface area contributed by atoms with Crippen LogP contribution in [0.1, 0.15) is 37.4 Å². The van der Waals surface area contributed by atoms with Gasteiger partial charge in [-0.1, -0.05) is 12.1 Å². The lowest BCUT2D eigenvalue weighted by Gasteiger charge is -2.16. The van der Waals surface area contributed by atoms with Crippen molar-refractivity contribution in [3.8, 4) is 5.75 Å². The standard InChI is InChI=1S/C17H21FN4O3/c1-2-8-19-17(23)22-9-7-12(10-22)16-20-15(25-21-16)11-24-14-5-3-13(18)4-6-14/h3-6,12H,2,7-11H2,1H3,(H,19,23). The molecule has 1 saturated heterocycles. The molecule has 1 aliphatic rings. The van der Waals surface area contributed by atoms with Crippen LogP contribution < -0.4 is 10.1 Å². The molecule has 1 aliphatic heterocycles. The van der Waals surface area contributed by atoms with Crippen LogP contribution in [-0.2, 0) is 6.61 Å². The minimum Gasteiger partial charge on any atom is -0.484 e. The molecule has 0 aliphatic carbocycles. The van der Waals surface area contributed by atoms with Gasteiger partial charge in [-0.25, -0.2) is 9.18 Å². The van der Waals surface area contributed by atoms with Crippen LogP contribution in [0, 0.1) is 5.82 Å². The van der Waals surface area contributed by atoms with Gasteiger partial charge in [0.05, 0.1) is 0 Å². The van der Waals surface area contributed by atoms with Gasteiger partial charge in [0, 0.05) is 25.6 Å². The second kappa shape index (κ2) is 7.96. The smallest absolute Gasteiger partial charge is 0.317 e. The zero-order chi connectivity index (χ0) is 17.6. The zero-order valence-electron chi connectivity index (χ0n) is 14.1. The summed E-state index contributed by atoms with van der Waals surface area (Å²) in [7, 11) is 0. The third kappa shape index (κ3) is 4.46. The van der Waals surface area contributed by atoms with E-state index < -0.39 is 0 Å². The van der Waals surface area contributed by atoms with E-state index in [1.165, 1.54) is 24.3 Å². The highest BCUT2D eigenvalue weighted by molar-refractivity contribution is 5.74. The van der Waals surface area contributed by atoms with Crippen LogP contribution >= 0.6 is 0 Å². The van der Waals surface area contributed by atoms with E-state index in [-0.39, 0.29) is 24.4 Å². The number of urea groups is 1. The van der Waals surface area contributed by atoms with Gasteiger partial charge >= 0.3 is 6.03 Å². The van der Waals surface area contributed by atoms with Gasteiger partial charge in [-0.15, -0.1) is 0 Å². The number of nitrogens with one attached hydrogen (secondary N) is 1. The molecule has 1 aromatic heterocycles. The van der Waals surface area contributed by atoms with E-state index in [2.05, 4.69) is 15.5 Å². The molecule has 25 heavy (non-hydrogen) atoms. The van der Waals surface area contributed by atoms with Gasteiger partial charge in [0.25, 0.3) is 5.89 Å². The van der Waals surface area contributed by atoms with Crippen LogP contribution in [0.5, 0.6) is 5.75 Å². The first-order chi connectivity index (χ1) is 12.2. The number of aromatic nitrogens is 2. The van der Waals surface area contributed by atoms with E-state index in [4.69, 9.17) is 9.26 Å². The van der Waals surface area contributed by atoms with Crippen LogP contribution in [0.4, 0.5) is 9.18 Å². The molecular formula is C17H21FN4O3. The Labute approximate surface area is 145 Å². The van der Waals surface area contributed by atoms with Crippen molar-refractivity contribution in [3.05, 3.63) is 41.8 Å². The van der Waals surface area contributed by atoms with Crippen molar-refractivity contribution in [2.24, 2.45) is 0 Å². The minimum absolute atomic E-state index is 0.0484. The van der Waals surface area contributed by atoms with Gasteiger partial charge in [0.1, 0.15) is 11.6 Å². The Morgan fingerprint density at radius 2 is 2.24 bits per heavy atom. The molecule has 7 nitrogen and oxygen atoms in total. The fourth-order valence-electron chi connectivity index (χ4n) is 2.67. The summed E-state index contributed by atoms with van der Waals surface area (Å²) in [4.78, 5) is 18.1. The molecule has 1 atom stereocenters. The summed E-state index contributed by atoms with van der Waals surface area (Å²) < 4.78 is 23.5. The summed E-state index contributed by atoms with van der Waals surface area (Å²) in [5, 5.41) is 6.87. The van der Waals surface area contributed by atoms with Gasteiger partial charge in [0.15, 0.2) is 12.4 Å². The molecule has 2 amide bonds. The third-order valence-corrected chi connectivity index (χ3v) is 4.03. The number of carbonyl (C=O) groups excluding carboxylic acids is 1. The molecule has 1 N–H and O–H groups in total. The first-order valence-corrected chi connectivity index (χ1v) is 8.39. The lowest BCUT2D eigenvalue weighted by Crippen LogP contribution is -2.38.